The Labute approximate surface area is 213 Å². The van der Waals surface area contributed by atoms with Gasteiger partial charge in [-0.2, -0.15) is 0 Å². The van der Waals surface area contributed by atoms with E-state index in [1.54, 1.807) is 0 Å². The van der Waals surface area contributed by atoms with E-state index in [1.165, 1.54) is 75.3 Å². The second kappa shape index (κ2) is 17.4. The van der Waals surface area contributed by atoms with E-state index in [2.05, 4.69) is 9.72 Å². The van der Waals surface area contributed by atoms with Crippen molar-refractivity contribution in [3.05, 3.63) is 33.1 Å². The number of carbonyl (C=O) groups excluding carboxylic acids is 1. The highest BCUT2D eigenvalue weighted by molar-refractivity contribution is 5.68. The van der Waals surface area contributed by atoms with Crippen molar-refractivity contribution < 1.29 is 29.2 Å². The topological polar surface area (TPSA) is 140 Å². The highest BCUT2D eigenvalue weighted by Gasteiger charge is 2.45. The summed E-state index contributed by atoms with van der Waals surface area (Å²) in [6.07, 6.45) is 13.1. The van der Waals surface area contributed by atoms with Gasteiger partial charge in [0.25, 0.3) is 5.56 Å². The summed E-state index contributed by atoms with van der Waals surface area (Å²) in [5, 5.41) is 19.9. The van der Waals surface area contributed by atoms with Crippen LogP contribution in [-0.2, 0) is 19.0 Å². The van der Waals surface area contributed by atoms with Crippen molar-refractivity contribution in [3.63, 3.8) is 0 Å². The quantitative estimate of drug-likeness (QED) is 0.190. The summed E-state index contributed by atoms with van der Waals surface area (Å²) in [6.45, 7) is 0.0180. The lowest BCUT2D eigenvalue weighted by Gasteiger charge is -2.22. The maximum atomic E-state index is 12.1. The van der Waals surface area contributed by atoms with E-state index in [0.717, 1.165) is 32.1 Å². The van der Waals surface area contributed by atoms with E-state index in [1.807, 2.05) is 0 Å². The molecule has 0 aromatic carbocycles. The third-order valence-corrected chi connectivity index (χ3v) is 6.68. The predicted octanol–water partition coefficient (Wildman–Crippen LogP) is 2.81. The fraction of sp³-hybridized carbons (Fsp3) is 0.808. The van der Waals surface area contributed by atoms with Gasteiger partial charge < -0.3 is 24.4 Å². The van der Waals surface area contributed by atoms with Crippen LogP contribution in [0.15, 0.2) is 21.9 Å². The predicted molar refractivity (Wildman–Crippen MR) is 135 cm³/mol. The van der Waals surface area contributed by atoms with Gasteiger partial charge in [0.1, 0.15) is 18.3 Å². The number of aliphatic hydroxyl groups excluding tert-OH is 2. The number of esters is 1. The molecule has 36 heavy (non-hydrogen) atoms. The number of aromatic nitrogens is 2. The SMILES string of the molecule is COC(=O)CCCCCCCCCCCCCCCO[C@H]1C(O)[C@@H](CO)O[C@H]1n1ccc(=O)[nH]c1=O. The standard InChI is InChI=1S/C26H44N2O8/c1-34-22(31)15-13-11-9-7-5-3-2-4-6-8-10-12-14-18-35-24-23(32)20(19-29)36-25(24)28-17-16-21(30)27-26(28)33/h16-17,20,23-25,29,32H,2-15,18-19H2,1H3,(H,27,30,33)/t20-,23?,24+,25-/m1/s1. The maximum absolute atomic E-state index is 12.1. The van der Waals surface area contributed by atoms with Gasteiger partial charge in [0.05, 0.1) is 13.7 Å². The molecule has 2 rings (SSSR count). The van der Waals surface area contributed by atoms with Crippen molar-refractivity contribution in [3.8, 4) is 0 Å². The molecule has 0 bridgehead atoms. The van der Waals surface area contributed by atoms with Crippen LogP contribution in [0, 0.1) is 0 Å². The van der Waals surface area contributed by atoms with Crippen molar-refractivity contribution in [2.24, 2.45) is 0 Å². The van der Waals surface area contributed by atoms with Crippen LogP contribution in [0.2, 0.25) is 0 Å². The second-order valence-corrected chi connectivity index (χ2v) is 9.51. The van der Waals surface area contributed by atoms with Crippen molar-refractivity contribution in [2.75, 3.05) is 20.3 Å². The van der Waals surface area contributed by atoms with E-state index in [0.29, 0.717) is 13.0 Å². The minimum Gasteiger partial charge on any atom is -0.469 e. The summed E-state index contributed by atoms with van der Waals surface area (Å²) >= 11 is 0. The number of methoxy groups -OCH3 is 1. The van der Waals surface area contributed by atoms with Crippen LogP contribution in [0.3, 0.4) is 0 Å². The van der Waals surface area contributed by atoms with Gasteiger partial charge in [0, 0.05) is 25.3 Å². The number of nitrogens with zero attached hydrogens (tertiary/aromatic N) is 1. The molecule has 0 aliphatic carbocycles. The molecule has 1 saturated heterocycles. The Kier molecular flexibility index (Phi) is 14.6. The molecule has 1 aliphatic heterocycles. The second-order valence-electron chi connectivity index (χ2n) is 9.51. The Hall–Kier alpha value is -2.01. The van der Waals surface area contributed by atoms with Crippen molar-refractivity contribution in [1.29, 1.82) is 0 Å². The van der Waals surface area contributed by atoms with Crippen molar-refractivity contribution in [1.82, 2.24) is 9.55 Å². The molecule has 1 aliphatic rings. The van der Waals surface area contributed by atoms with Gasteiger partial charge in [0.15, 0.2) is 6.23 Å². The molecule has 0 spiro atoms. The Bertz CT molecular complexity index is 855. The van der Waals surface area contributed by atoms with Crippen LogP contribution >= 0.6 is 0 Å². The van der Waals surface area contributed by atoms with Gasteiger partial charge in [-0.05, 0) is 12.8 Å². The van der Waals surface area contributed by atoms with E-state index in [4.69, 9.17) is 9.47 Å². The van der Waals surface area contributed by atoms with Crippen LogP contribution < -0.4 is 11.2 Å². The van der Waals surface area contributed by atoms with Crippen LogP contribution in [0.25, 0.3) is 0 Å². The molecular weight excluding hydrogens is 468 g/mol. The zero-order chi connectivity index (χ0) is 26.2. The number of rotatable bonds is 19. The summed E-state index contributed by atoms with van der Waals surface area (Å²) < 4.78 is 17.3. The van der Waals surface area contributed by atoms with Crippen molar-refractivity contribution >= 4 is 5.97 Å². The lowest BCUT2D eigenvalue weighted by atomic mass is 10.0. The Morgan fingerprint density at radius 1 is 0.972 bits per heavy atom. The average molecular weight is 513 g/mol. The summed E-state index contributed by atoms with van der Waals surface area (Å²) in [7, 11) is 1.43. The molecule has 10 nitrogen and oxygen atoms in total. The summed E-state index contributed by atoms with van der Waals surface area (Å²) in [5.74, 6) is -0.116. The van der Waals surface area contributed by atoms with Gasteiger partial charge in [-0.15, -0.1) is 0 Å². The summed E-state index contributed by atoms with van der Waals surface area (Å²) in [4.78, 5) is 36.7. The molecule has 4 atom stereocenters. The molecule has 0 radical (unpaired) electrons. The van der Waals surface area contributed by atoms with E-state index in [9.17, 15) is 24.6 Å². The zero-order valence-corrected chi connectivity index (χ0v) is 21.6. The summed E-state index contributed by atoms with van der Waals surface area (Å²) in [5.41, 5.74) is -1.17. The lowest BCUT2D eigenvalue weighted by Crippen LogP contribution is -2.39. The number of aliphatic hydroxyl groups is 2. The van der Waals surface area contributed by atoms with E-state index < -0.39 is 42.4 Å². The Balaban J connectivity index is 1.51. The number of nitrogens with one attached hydrogen (secondary N) is 1. The molecule has 1 aromatic rings. The number of ether oxygens (including phenoxy) is 3. The van der Waals surface area contributed by atoms with Gasteiger partial charge in [-0.1, -0.05) is 70.6 Å². The maximum Gasteiger partial charge on any atom is 0.330 e. The number of aromatic amines is 1. The monoisotopic (exact) mass is 512 g/mol. The average Bonchev–Trinajstić information content (AvgIpc) is 3.18. The van der Waals surface area contributed by atoms with Gasteiger partial charge in [-0.3, -0.25) is 19.1 Å². The fourth-order valence-electron chi connectivity index (χ4n) is 4.54. The molecule has 1 fully saturated rings. The Morgan fingerprint density at radius 3 is 2.06 bits per heavy atom. The first kappa shape index (κ1) is 30.2. The van der Waals surface area contributed by atoms with Crippen LogP contribution in [-0.4, -0.2) is 64.4 Å². The Morgan fingerprint density at radius 2 is 1.53 bits per heavy atom. The van der Waals surface area contributed by atoms with Gasteiger partial charge in [-0.25, -0.2) is 4.79 Å². The number of unbranched alkanes of at least 4 members (excludes halogenated alkanes) is 12. The van der Waals surface area contributed by atoms with Gasteiger partial charge in [0.2, 0.25) is 0 Å². The molecule has 0 amide bonds. The first-order valence-electron chi connectivity index (χ1n) is 13.4. The van der Waals surface area contributed by atoms with Crippen LogP contribution in [0.5, 0.6) is 0 Å². The molecule has 1 unspecified atom stereocenters. The van der Waals surface area contributed by atoms with Crippen molar-refractivity contribution in [2.45, 2.75) is 114 Å². The number of H-pyrrole nitrogens is 1. The van der Waals surface area contributed by atoms with E-state index >= 15 is 0 Å². The summed E-state index contributed by atoms with van der Waals surface area (Å²) in [6, 6.07) is 1.20. The highest BCUT2D eigenvalue weighted by Crippen LogP contribution is 2.30. The lowest BCUT2D eigenvalue weighted by molar-refractivity contribution is -0.140. The zero-order valence-electron chi connectivity index (χ0n) is 21.6. The van der Waals surface area contributed by atoms with Gasteiger partial charge >= 0.3 is 11.7 Å². The van der Waals surface area contributed by atoms with Crippen LogP contribution in [0.1, 0.15) is 96.1 Å². The normalized spacial score (nSPS) is 21.6. The molecule has 206 valence electrons. The molecular formula is C26H44N2O8. The number of hydrogen-bond acceptors (Lipinski definition) is 8. The largest absolute Gasteiger partial charge is 0.469 e. The number of carbonyl (C=O) groups is 1. The molecule has 2 heterocycles. The molecule has 3 N–H and O–H groups in total. The molecule has 1 aromatic heterocycles. The minimum atomic E-state index is -1.07. The van der Waals surface area contributed by atoms with Crippen LogP contribution in [0.4, 0.5) is 0 Å². The number of hydrogen-bond donors (Lipinski definition) is 3. The molecule has 0 saturated carbocycles. The third kappa shape index (κ3) is 10.5. The fourth-order valence-corrected chi connectivity index (χ4v) is 4.54. The van der Waals surface area contributed by atoms with E-state index in [-0.39, 0.29) is 5.97 Å². The third-order valence-electron chi connectivity index (χ3n) is 6.68. The highest BCUT2D eigenvalue weighted by atomic mass is 16.6. The smallest absolute Gasteiger partial charge is 0.330 e. The minimum absolute atomic E-state index is 0.116. The first-order chi connectivity index (χ1) is 17.5. The molecule has 10 heteroatoms. The first-order valence-corrected chi connectivity index (χ1v) is 13.4.